The number of hydrogen-bond donors (Lipinski definition) is 1. The van der Waals surface area contributed by atoms with Crippen LogP contribution in [0.5, 0.6) is 5.88 Å². The zero-order valence-electron chi connectivity index (χ0n) is 9.38. The van der Waals surface area contributed by atoms with Crippen LogP contribution < -0.4 is 10.1 Å². The van der Waals surface area contributed by atoms with Crippen molar-refractivity contribution >= 4 is 11.6 Å². The van der Waals surface area contributed by atoms with Crippen molar-refractivity contribution in [2.45, 2.75) is 30.6 Å². The first-order chi connectivity index (χ1) is 8.47. The summed E-state index contributed by atoms with van der Waals surface area (Å²) in [5, 5.41) is 2.99. The SMILES string of the molecule is FC(F)(F)c1cccnc1O[C@@H]1CCN[C@@H](Cl)C1. The molecule has 1 fully saturated rings. The van der Waals surface area contributed by atoms with Crippen LogP contribution in [0.15, 0.2) is 18.3 Å². The van der Waals surface area contributed by atoms with Gasteiger partial charge in [0.25, 0.3) is 0 Å². The topological polar surface area (TPSA) is 34.1 Å². The maximum atomic E-state index is 12.7. The Bertz CT molecular complexity index is 414. The monoisotopic (exact) mass is 280 g/mol. The summed E-state index contributed by atoms with van der Waals surface area (Å²) in [5.41, 5.74) is -1.13. The van der Waals surface area contributed by atoms with Crippen molar-refractivity contribution in [1.82, 2.24) is 10.3 Å². The molecule has 0 radical (unpaired) electrons. The Morgan fingerprint density at radius 3 is 2.89 bits per heavy atom. The standard InChI is InChI=1S/C11H12ClF3N2O/c12-9-6-7(3-5-16-9)18-10-8(11(13,14)15)2-1-4-17-10/h1-2,4,7,9,16H,3,5-6H2/t7-,9-/m1/s1. The molecule has 2 rings (SSSR count). The number of piperidine rings is 1. The highest BCUT2D eigenvalue weighted by Gasteiger charge is 2.36. The van der Waals surface area contributed by atoms with Crippen molar-refractivity contribution in [2.24, 2.45) is 0 Å². The van der Waals surface area contributed by atoms with Gasteiger partial charge < -0.3 is 10.1 Å². The molecule has 0 saturated carbocycles. The van der Waals surface area contributed by atoms with Crippen LogP contribution in [-0.4, -0.2) is 23.1 Å². The number of rotatable bonds is 2. The van der Waals surface area contributed by atoms with Gasteiger partial charge >= 0.3 is 6.18 Å². The fraction of sp³-hybridized carbons (Fsp3) is 0.545. The van der Waals surface area contributed by atoms with Crippen LogP contribution in [0.25, 0.3) is 0 Å². The van der Waals surface area contributed by atoms with Crippen LogP contribution in [0.3, 0.4) is 0 Å². The molecule has 0 aliphatic carbocycles. The molecule has 0 spiro atoms. The fourth-order valence-electron chi connectivity index (χ4n) is 1.80. The zero-order valence-corrected chi connectivity index (χ0v) is 10.1. The van der Waals surface area contributed by atoms with Gasteiger partial charge in [-0.1, -0.05) is 0 Å². The smallest absolute Gasteiger partial charge is 0.421 e. The minimum Gasteiger partial charge on any atom is -0.474 e. The van der Waals surface area contributed by atoms with E-state index in [1.807, 2.05) is 0 Å². The summed E-state index contributed by atoms with van der Waals surface area (Å²) in [6.07, 6.45) is -2.46. The maximum Gasteiger partial charge on any atom is 0.421 e. The number of ether oxygens (including phenoxy) is 1. The number of nitrogens with one attached hydrogen (secondary N) is 1. The first kappa shape index (κ1) is 13.4. The third-order valence-corrected chi connectivity index (χ3v) is 2.99. The number of hydrogen-bond acceptors (Lipinski definition) is 3. The molecule has 0 bridgehead atoms. The lowest BCUT2D eigenvalue weighted by Crippen LogP contribution is -2.39. The van der Waals surface area contributed by atoms with Gasteiger partial charge in [-0.2, -0.15) is 13.2 Å². The van der Waals surface area contributed by atoms with Crippen molar-refractivity contribution in [3.05, 3.63) is 23.9 Å². The molecule has 1 aliphatic rings. The van der Waals surface area contributed by atoms with E-state index in [-0.39, 0.29) is 17.5 Å². The van der Waals surface area contributed by atoms with Gasteiger partial charge in [0.05, 0.1) is 5.50 Å². The molecular formula is C11H12ClF3N2O. The molecule has 2 atom stereocenters. The van der Waals surface area contributed by atoms with Gasteiger partial charge in [0.15, 0.2) is 0 Å². The maximum absolute atomic E-state index is 12.7. The average molecular weight is 281 g/mol. The van der Waals surface area contributed by atoms with E-state index in [0.717, 1.165) is 6.07 Å². The van der Waals surface area contributed by atoms with E-state index in [2.05, 4.69) is 10.3 Å². The zero-order chi connectivity index (χ0) is 13.2. The van der Waals surface area contributed by atoms with Gasteiger partial charge in [-0.05, 0) is 25.1 Å². The highest BCUT2D eigenvalue weighted by Crippen LogP contribution is 2.35. The van der Waals surface area contributed by atoms with Crippen molar-refractivity contribution in [3.8, 4) is 5.88 Å². The van der Waals surface area contributed by atoms with Crippen LogP contribution in [0.2, 0.25) is 0 Å². The minimum atomic E-state index is -4.46. The number of halogens is 4. The van der Waals surface area contributed by atoms with Crippen LogP contribution in [0, 0.1) is 0 Å². The first-order valence-corrected chi connectivity index (χ1v) is 5.97. The average Bonchev–Trinajstić information content (AvgIpc) is 2.28. The predicted octanol–water partition coefficient (Wildman–Crippen LogP) is 2.80. The molecule has 1 aliphatic heterocycles. The van der Waals surface area contributed by atoms with Crippen molar-refractivity contribution in [1.29, 1.82) is 0 Å². The third-order valence-electron chi connectivity index (χ3n) is 2.66. The molecule has 1 saturated heterocycles. The number of alkyl halides is 4. The second-order valence-electron chi connectivity index (χ2n) is 4.04. The highest BCUT2D eigenvalue weighted by atomic mass is 35.5. The summed E-state index contributed by atoms with van der Waals surface area (Å²) in [5.74, 6) is -0.374. The molecule has 1 aromatic heterocycles. The van der Waals surface area contributed by atoms with E-state index in [0.29, 0.717) is 19.4 Å². The van der Waals surface area contributed by atoms with Crippen LogP contribution in [0.1, 0.15) is 18.4 Å². The van der Waals surface area contributed by atoms with Gasteiger partial charge in [0.1, 0.15) is 11.7 Å². The highest BCUT2D eigenvalue weighted by molar-refractivity contribution is 6.20. The molecule has 0 aromatic carbocycles. The van der Waals surface area contributed by atoms with E-state index in [1.54, 1.807) is 0 Å². The lowest BCUT2D eigenvalue weighted by molar-refractivity contribution is -0.139. The molecule has 1 aromatic rings. The van der Waals surface area contributed by atoms with Gasteiger partial charge in [-0.3, -0.25) is 0 Å². The van der Waals surface area contributed by atoms with Crippen molar-refractivity contribution in [2.75, 3.05) is 6.54 Å². The number of aromatic nitrogens is 1. The molecule has 3 nitrogen and oxygen atoms in total. The Balaban J connectivity index is 2.13. The largest absolute Gasteiger partial charge is 0.474 e. The van der Waals surface area contributed by atoms with E-state index in [4.69, 9.17) is 16.3 Å². The summed E-state index contributed by atoms with van der Waals surface area (Å²) in [4.78, 5) is 3.66. The summed E-state index contributed by atoms with van der Waals surface area (Å²) in [6.45, 7) is 0.618. The van der Waals surface area contributed by atoms with Gasteiger partial charge in [0.2, 0.25) is 5.88 Å². The lowest BCUT2D eigenvalue weighted by Gasteiger charge is -2.27. The second-order valence-corrected chi connectivity index (χ2v) is 4.57. The van der Waals surface area contributed by atoms with Gasteiger partial charge in [0, 0.05) is 12.6 Å². The first-order valence-electron chi connectivity index (χ1n) is 5.53. The van der Waals surface area contributed by atoms with Gasteiger partial charge in [-0.15, -0.1) is 11.6 Å². The Kier molecular flexibility index (Phi) is 3.97. The Morgan fingerprint density at radius 2 is 2.22 bits per heavy atom. The summed E-state index contributed by atoms with van der Waals surface area (Å²) >= 11 is 5.87. The van der Waals surface area contributed by atoms with Crippen molar-refractivity contribution < 1.29 is 17.9 Å². The molecule has 18 heavy (non-hydrogen) atoms. The third kappa shape index (κ3) is 3.26. The normalized spacial score (nSPS) is 24.9. The van der Waals surface area contributed by atoms with Gasteiger partial charge in [-0.25, -0.2) is 4.98 Å². The number of nitrogens with zero attached hydrogens (tertiary/aromatic N) is 1. The second kappa shape index (κ2) is 5.32. The Morgan fingerprint density at radius 1 is 1.44 bits per heavy atom. The summed E-state index contributed by atoms with van der Waals surface area (Å²) < 4.78 is 43.5. The number of pyridine rings is 1. The van der Waals surface area contributed by atoms with Crippen LogP contribution in [0.4, 0.5) is 13.2 Å². The molecule has 100 valence electrons. The fourth-order valence-corrected chi connectivity index (χ4v) is 2.11. The summed E-state index contributed by atoms with van der Waals surface area (Å²) in [6, 6.07) is 2.20. The molecule has 0 amide bonds. The molecule has 7 heteroatoms. The predicted molar refractivity (Wildman–Crippen MR) is 60.5 cm³/mol. The van der Waals surface area contributed by atoms with Crippen LogP contribution >= 0.6 is 11.6 Å². The molecule has 0 unspecified atom stereocenters. The Labute approximate surface area is 107 Å². The van der Waals surface area contributed by atoms with E-state index < -0.39 is 11.7 Å². The molecular weight excluding hydrogens is 269 g/mol. The summed E-state index contributed by atoms with van der Waals surface area (Å²) in [7, 11) is 0. The quantitative estimate of drug-likeness (QED) is 0.668. The van der Waals surface area contributed by atoms with Crippen molar-refractivity contribution in [3.63, 3.8) is 0 Å². The molecule has 1 N–H and O–H groups in total. The van der Waals surface area contributed by atoms with E-state index in [9.17, 15) is 13.2 Å². The Hall–Kier alpha value is -1.01. The van der Waals surface area contributed by atoms with E-state index >= 15 is 0 Å². The van der Waals surface area contributed by atoms with Crippen LogP contribution in [-0.2, 0) is 6.18 Å². The van der Waals surface area contributed by atoms with E-state index in [1.165, 1.54) is 12.3 Å². The lowest BCUT2D eigenvalue weighted by atomic mass is 10.1. The minimum absolute atomic E-state index is 0.276. The molecule has 2 heterocycles.